The van der Waals surface area contributed by atoms with E-state index in [1.165, 1.54) is 0 Å². The number of aliphatic carboxylic acids is 1. The second kappa shape index (κ2) is 13.9. The van der Waals surface area contributed by atoms with Gasteiger partial charge >= 0.3 is 5.97 Å². The summed E-state index contributed by atoms with van der Waals surface area (Å²) in [5.74, 6) is -5.83. The zero-order valence-corrected chi connectivity index (χ0v) is 18.0. The van der Waals surface area contributed by atoms with Gasteiger partial charge in [-0.25, -0.2) is 4.79 Å². The van der Waals surface area contributed by atoms with Crippen molar-refractivity contribution in [1.82, 2.24) is 16.0 Å². The van der Waals surface area contributed by atoms with Crippen LogP contribution in [0.1, 0.15) is 39.5 Å². The number of rotatable bonds is 15. The van der Waals surface area contributed by atoms with Gasteiger partial charge in [-0.15, -0.1) is 0 Å². The number of aliphatic hydroxyl groups is 1. The minimum Gasteiger partial charge on any atom is -0.480 e. The molecule has 0 spiro atoms. The van der Waals surface area contributed by atoms with Crippen molar-refractivity contribution in [2.45, 2.75) is 63.7 Å². The fourth-order valence-electron chi connectivity index (χ4n) is 2.50. The zero-order chi connectivity index (χ0) is 25.0. The molecule has 4 unspecified atom stereocenters. The highest BCUT2D eigenvalue weighted by Gasteiger charge is 2.31. The fraction of sp³-hybridized carbons (Fsp3) is 0.667. The molecular formula is C18H32N6O8. The smallest absolute Gasteiger partial charge is 0.328 e. The first-order valence-corrected chi connectivity index (χ1v) is 9.87. The van der Waals surface area contributed by atoms with E-state index >= 15 is 0 Å². The first-order valence-electron chi connectivity index (χ1n) is 9.87. The van der Waals surface area contributed by atoms with E-state index in [9.17, 15) is 28.8 Å². The molecule has 0 fully saturated rings. The highest BCUT2D eigenvalue weighted by molar-refractivity contribution is 5.94. The van der Waals surface area contributed by atoms with Crippen LogP contribution in [-0.2, 0) is 28.8 Å². The minimum absolute atomic E-state index is 0.0328. The van der Waals surface area contributed by atoms with Crippen molar-refractivity contribution in [3.8, 4) is 0 Å². The molecule has 0 aromatic heterocycles. The quantitative estimate of drug-likeness (QED) is 0.118. The Balaban J connectivity index is 5.37. The Morgan fingerprint density at radius 2 is 1.28 bits per heavy atom. The number of carboxylic acids is 1. The molecule has 0 bridgehead atoms. The molecule has 182 valence electrons. The van der Waals surface area contributed by atoms with Crippen molar-refractivity contribution < 1.29 is 39.0 Å². The van der Waals surface area contributed by atoms with E-state index in [-0.39, 0.29) is 25.7 Å². The van der Waals surface area contributed by atoms with Crippen LogP contribution in [-0.4, -0.2) is 76.5 Å². The lowest BCUT2D eigenvalue weighted by Gasteiger charge is -2.26. The number of aliphatic hydroxyl groups excluding tert-OH is 1. The highest BCUT2D eigenvalue weighted by atomic mass is 16.4. The molecule has 0 radical (unpaired) electrons. The highest BCUT2D eigenvalue weighted by Crippen LogP contribution is 2.06. The van der Waals surface area contributed by atoms with Crippen LogP contribution >= 0.6 is 0 Å². The molecule has 0 aliphatic heterocycles. The number of carbonyl (C=O) groups is 6. The lowest BCUT2D eigenvalue weighted by atomic mass is 10.0. The van der Waals surface area contributed by atoms with Crippen LogP contribution in [0.5, 0.6) is 0 Å². The molecule has 0 rings (SSSR count). The standard InChI is InChI=1S/C18H32N6O8/c1-8(2)14(24-15(28)9(19)3-5-12(20)26)17(30)22-10(4-6-13(21)27)16(29)23-11(7-25)18(31)32/h8-11,14,25H,3-7,19H2,1-2H3,(H2,20,26)(H2,21,27)(H,22,30)(H,23,29)(H,24,28)(H,31,32). The Hall–Kier alpha value is -3.26. The Kier molecular flexibility index (Phi) is 12.5. The van der Waals surface area contributed by atoms with Crippen molar-refractivity contribution in [3.05, 3.63) is 0 Å². The van der Waals surface area contributed by atoms with Gasteiger partial charge in [0.05, 0.1) is 12.6 Å². The number of nitrogens with two attached hydrogens (primary N) is 3. The molecule has 11 N–H and O–H groups in total. The van der Waals surface area contributed by atoms with Crippen molar-refractivity contribution in [3.63, 3.8) is 0 Å². The summed E-state index contributed by atoms with van der Waals surface area (Å²) in [5.41, 5.74) is 15.8. The second-order valence-corrected chi connectivity index (χ2v) is 7.49. The summed E-state index contributed by atoms with van der Waals surface area (Å²) in [6.07, 6.45) is -0.708. The molecule has 0 saturated carbocycles. The average Bonchev–Trinajstić information content (AvgIpc) is 2.69. The molecule has 0 aliphatic carbocycles. The van der Waals surface area contributed by atoms with Gasteiger partial charge in [0, 0.05) is 12.8 Å². The molecule has 14 heteroatoms. The van der Waals surface area contributed by atoms with Gasteiger partial charge < -0.3 is 43.4 Å². The van der Waals surface area contributed by atoms with E-state index in [4.69, 9.17) is 27.4 Å². The molecule has 0 aliphatic rings. The third-order valence-corrected chi connectivity index (χ3v) is 4.39. The molecule has 5 amide bonds. The Bertz CT molecular complexity index is 714. The van der Waals surface area contributed by atoms with Crippen molar-refractivity contribution >= 4 is 35.5 Å². The van der Waals surface area contributed by atoms with Crippen LogP contribution in [0.3, 0.4) is 0 Å². The van der Waals surface area contributed by atoms with Crippen LogP contribution in [0.4, 0.5) is 0 Å². The summed E-state index contributed by atoms with van der Waals surface area (Å²) < 4.78 is 0. The van der Waals surface area contributed by atoms with Gasteiger partial charge in [-0.2, -0.15) is 0 Å². The Morgan fingerprint density at radius 3 is 1.72 bits per heavy atom. The molecule has 4 atom stereocenters. The predicted molar refractivity (Wildman–Crippen MR) is 110 cm³/mol. The summed E-state index contributed by atoms with van der Waals surface area (Å²) >= 11 is 0. The van der Waals surface area contributed by atoms with Crippen LogP contribution in [0.15, 0.2) is 0 Å². The third-order valence-electron chi connectivity index (χ3n) is 4.39. The normalized spacial score (nSPS) is 14.5. The van der Waals surface area contributed by atoms with Gasteiger partial charge in [0.2, 0.25) is 29.5 Å². The number of primary amides is 2. The lowest BCUT2D eigenvalue weighted by molar-refractivity contribution is -0.143. The van der Waals surface area contributed by atoms with E-state index < -0.39 is 72.2 Å². The molecule has 0 heterocycles. The van der Waals surface area contributed by atoms with Crippen molar-refractivity contribution in [2.24, 2.45) is 23.1 Å². The summed E-state index contributed by atoms with van der Waals surface area (Å²) in [5, 5.41) is 24.9. The van der Waals surface area contributed by atoms with Gasteiger partial charge in [0.15, 0.2) is 0 Å². The number of carbonyl (C=O) groups excluding carboxylic acids is 5. The number of amides is 5. The largest absolute Gasteiger partial charge is 0.480 e. The second-order valence-electron chi connectivity index (χ2n) is 7.49. The summed E-state index contributed by atoms with van der Waals surface area (Å²) in [6, 6.07) is -5.24. The van der Waals surface area contributed by atoms with Crippen molar-refractivity contribution in [2.75, 3.05) is 6.61 Å². The Labute approximate surface area is 184 Å². The molecule has 0 aromatic rings. The molecule has 0 aromatic carbocycles. The van der Waals surface area contributed by atoms with Crippen LogP contribution in [0.2, 0.25) is 0 Å². The molecule has 14 nitrogen and oxygen atoms in total. The predicted octanol–water partition coefficient (Wildman–Crippen LogP) is -3.97. The fourth-order valence-corrected chi connectivity index (χ4v) is 2.50. The first kappa shape index (κ1) is 28.7. The number of carboxylic acid groups (broad SMARTS) is 1. The summed E-state index contributed by atoms with van der Waals surface area (Å²) in [4.78, 5) is 70.4. The van der Waals surface area contributed by atoms with E-state index in [1.54, 1.807) is 13.8 Å². The van der Waals surface area contributed by atoms with E-state index in [0.717, 1.165) is 0 Å². The monoisotopic (exact) mass is 460 g/mol. The topological polar surface area (TPSA) is 257 Å². The zero-order valence-electron chi connectivity index (χ0n) is 18.0. The lowest BCUT2D eigenvalue weighted by Crippen LogP contribution is -2.58. The van der Waals surface area contributed by atoms with Gasteiger partial charge in [-0.1, -0.05) is 13.8 Å². The SMILES string of the molecule is CC(C)C(NC(=O)C(N)CCC(N)=O)C(=O)NC(CCC(N)=O)C(=O)NC(CO)C(=O)O. The maximum Gasteiger partial charge on any atom is 0.328 e. The van der Waals surface area contributed by atoms with Gasteiger partial charge in [0.1, 0.15) is 18.1 Å². The van der Waals surface area contributed by atoms with Crippen LogP contribution in [0, 0.1) is 5.92 Å². The van der Waals surface area contributed by atoms with Crippen molar-refractivity contribution in [1.29, 1.82) is 0 Å². The molecule has 32 heavy (non-hydrogen) atoms. The summed E-state index contributed by atoms with van der Waals surface area (Å²) in [6.45, 7) is 2.33. The minimum atomic E-state index is -1.63. The first-order chi connectivity index (χ1) is 14.8. The van der Waals surface area contributed by atoms with E-state index in [0.29, 0.717) is 0 Å². The van der Waals surface area contributed by atoms with Gasteiger partial charge in [-0.05, 0) is 18.8 Å². The van der Waals surface area contributed by atoms with Gasteiger partial charge in [0.25, 0.3) is 0 Å². The maximum absolute atomic E-state index is 12.8. The molecule has 0 saturated heterocycles. The maximum atomic E-state index is 12.8. The summed E-state index contributed by atoms with van der Waals surface area (Å²) in [7, 11) is 0. The van der Waals surface area contributed by atoms with Crippen LogP contribution in [0.25, 0.3) is 0 Å². The molecular weight excluding hydrogens is 428 g/mol. The number of nitrogens with one attached hydrogen (secondary N) is 3. The third kappa shape index (κ3) is 10.7. The number of hydrogen-bond donors (Lipinski definition) is 8. The Morgan fingerprint density at radius 1 is 0.781 bits per heavy atom. The van der Waals surface area contributed by atoms with E-state index in [1.807, 2.05) is 5.32 Å². The van der Waals surface area contributed by atoms with Gasteiger partial charge in [-0.3, -0.25) is 24.0 Å². The number of hydrogen-bond acceptors (Lipinski definition) is 8. The average molecular weight is 460 g/mol. The van der Waals surface area contributed by atoms with Crippen LogP contribution < -0.4 is 33.2 Å². The van der Waals surface area contributed by atoms with E-state index in [2.05, 4.69) is 10.6 Å².